The summed E-state index contributed by atoms with van der Waals surface area (Å²) in [4.78, 5) is 0. The Labute approximate surface area is 101 Å². The highest BCUT2D eigenvalue weighted by molar-refractivity contribution is 6.74. The van der Waals surface area contributed by atoms with Crippen molar-refractivity contribution in [3.05, 3.63) is 0 Å². The second kappa shape index (κ2) is 3.56. The summed E-state index contributed by atoms with van der Waals surface area (Å²) in [5.74, 6) is 0. The molecule has 0 aromatic rings. The van der Waals surface area contributed by atoms with E-state index < -0.39 is 8.32 Å². The Morgan fingerprint density at radius 2 is 1.62 bits per heavy atom. The molecule has 0 aromatic carbocycles. The molecule has 0 radical (unpaired) electrons. The van der Waals surface area contributed by atoms with E-state index in [9.17, 15) is 5.11 Å². The lowest BCUT2D eigenvalue weighted by atomic mass is 9.54. The van der Waals surface area contributed by atoms with Crippen LogP contribution in [0.4, 0.5) is 0 Å². The molecule has 0 aliphatic heterocycles. The molecule has 2 aliphatic carbocycles. The normalized spacial score (nSPS) is 39.4. The highest BCUT2D eigenvalue weighted by Crippen LogP contribution is 2.57. The van der Waals surface area contributed by atoms with Gasteiger partial charge in [-0.05, 0) is 49.2 Å². The molecule has 94 valence electrons. The van der Waals surface area contributed by atoms with Crippen molar-refractivity contribution in [2.75, 3.05) is 0 Å². The first-order chi connectivity index (χ1) is 7.14. The van der Waals surface area contributed by atoms with E-state index in [-0.39, 0.29) is 6.10 Å². The minimum atomic E-state index is -1.57. The molecule has 16 heavy (non-hydrogen) atoms. The minimum Gasteiger partial charge on any atom is -0.414 e. The lowest BCUT2D eigenvalue weighted by Crippen LogP contribution is -2.56. The van der Waals surface area contributed by atoms with Crippen molar-refractivity contribution >= 4 is 8.32 Å². The van der Waals surface area contributed by atoms with Crippen molar-refractivity contribution in [3.8, 4) is 0 Å². The third-order valence-electron chi connectivity index (χ3n) is 4.93. The first-order valence-electron chi connectivity index (χ1n) is 6.50. The second-order valence-corrected chi connectivity index (χ2v) is 12.2. The number of aliphatic hydroxyl groups excluding tert-OH is 1. The topological polar surface area (TPSA) is 29.5 Å². The smallest absolute Gasteiger partial charge is 0.192 e. The van der Waals surface area contributed by atoms with Crippen LogP contribution in [0, 0.1) is 5.41 Å². The number of hydrogen-bond donors (Lipinski definition) is 1. The monoisotopic (exact) mass is 242 g/mol. The van der Waals surface area contributed by atoms with Crippen LogP contribution in [0.1, 0.15) is 46.5 Å². The van der Waals surface area contributed by atoms with Gasteiger partial charge in [-0.2, -0.15) is 0 Å². The van der Waals surface area contributed by atoms with Gasteiger partial charge < -0.3 is 9.53 Å². The van der Waals surface area contributed by atoms with Crippen molar-refractivity contribution in [1.82, 2.24) is 0 Å². The van der Waals surface area contributed by atoms with E-state index in [1.165, 1.54) is 12.8 Å². The minimum absolute atomic E-state index is 0.0196. The van der Waals surface area contributed by atoms with Gasteiger partial charge in [-0.25, -0.2) is 0 Å². The average Bonchev–Trinajstić information content (AvgIpc) is 1.94. The molecular formula is C13H26O2Si. The van der Waals surface area contributed by atoms with Crippen LogP contribution < -0.4 is 0 Å². The standard InChI is InChI=1S/C13H26O2Si/c1-12(2,3)16(4,5)15-11-8-13(9-11)6-10(14)7-13/h10-11,14H,6-9H2,1-5H3. The zero-order valence-corrected chi connectivity index (χ0v) is 12.3. The average molecular weight is 242 g/mol. The lowest BCUT2D eigenvalue weighted by molar-refractivity contribution is -0.134. The summed E-state index contributed by atoms with van der Waals surface area (Å²) < 4.78 is 6.36. The van der Waals surface area contributed by atoms with Gasteiger partial charge in [-0.15, -0.1) is 0 Å². The summed E-state index contributed by atoms with van der Waals surface area (Å²) >= 11 is 0. The molecule has 0 unspecified atom stereocenters. The van der Waals surface area contributed by atoms with E-state index in [4.69, 9.17) is 4.43 Å². The Kier molecular flexibility index (Phi) is 2.80. The zero-order valence-electron chi connectivity index (χ0n) is 11.3. The van der Waals surface area contributed by atoms with E-state index in [2.05, 4.69) is 33.9 Å². The fourth-order valence-corrected chi connectivity index (χ4v) is 4.21. The highest BCUT2D eigenvalue weighted by atomic mass is 28.4. The fourth-order valence-electron chi connectivity index (χ4n) is 2.86. The van der Waals surface area contributed by atoms with Gasteiger partial charge in [0.05, 0.1) is 6.10 Å². The van der Waals surface area contributed by atoms with Crippen molar-refractivity contribution < 1.29 is 9.53 Å². The van der Waals surface area contributed by atoms with Crippen LogP contribution in [-0.4, -0.2) is 25.6 Å². The Hall–Kier alpha value is 0.137. The zero-order chi connectivity index (χ0) is 12.2. The van der Waals surface area contributed by atoms with E-state index in [1.54, 1.807) is 0 Å². The summed E-state index contributed by atoms with van der Waals surface area (Å²) in [7, 11) is -1.57. The highest BCUT2D eigenvalue weighted by Gasteiger charge is 2.54. The quantitative estimate of drug-likeness (QED) is 0.753. The summed E-state index contributed by atoms with van der Waals surface area (Å²) in [6, 6.07) is 0. The summed E-state index contributed by atoms with van der Waals surface area (Å²) in [5, 5.41) is 9.68. The molecule has 2 aliphatic rings. The molecule has 0 amide bonds. The van der Waals surface area contributed by atoms with Crippen LogP contribution in [0.3, 0.4) is 0 Å². The number of aliphatic hydroxyl groups is 1. The maximum atomic E-state index is 9.36. The summed E-state index contributed by atoms with van der Waals surface area (Å²) in [6.07, 6.45) is 4.88. The van der Waals surface area contributed by atoms with E-state index >= 15 is 0 Å². The summed E-state index contributed by atoms with van der Waals surface area (Å²) in [5.41, 5.74) is 0.479. The van der Waals surface area contributed by atoms with Gasteiger partial charge in [-0.1, -0.05) is 20.8 Å². The largest absolute Gasteiger partial charge is 0.414 e. The maximum Gasteiger partial charge on any atom is 0.192 e. The number of rotatable bonds is 2. The molecule has 0 aromatic heterocycles. The molecule has 0 bridgehead atoms. The third-order valence-corrected chi connectivity index (χ3v) is 9.46. The predicted octanol–water partition coefficient (Wildman–Crippen LogP) is 3.31. The van der Waals surface area contributed by atoms with Crippen LogP contribution in [0.25, 0.3) is 0 Å². The summed E-state index contributed by atoms with van der Waals surface area (Å²) in [6.45, 7) is 11.5. The Morgan fingerprint density at radius 1 is 1.12 bits per heavy atom. The van der Waals surface area contributed by atoms with Crippen LogP contribution in [0.15, 0.2) is 0 Å². The van der Waals surface area contributed by atoms with Gasteiger partial charge in [-0.3, -0.25) is 0 Å². The molecule has 2 nitrogen and oxygen atoms in total. The van der Waals surface area contributed by atoms with Crippen molar-refractivity contribution in [2.45, 2.75) is 76.8 Å². The predicted molar refractivity (Wildman–Crippen MR) is 69.0 cm³/mol. The van der Waals surface area contributed by atoms with Crippen LogP contribution in [-0.2, 0) is 4.43 Å². The van der Waals surface area contributed by atoms with Gasteiger partial charge >= 0.3 is 0 Å². The van der Waals surface area contributed by atoms with E-state index in [0.29, 0.717) is 16.6 Å². The molecule has 0 heterocycles. The van der Waals surface area contributed by atoms with Crippen molar-refractivity contribution in [1.29, 1.82) is 0 Å². The molecule has 1 spiro atoms. The van der Waals surface area contributed by atoms with E-state index in [1.807, 2.05) is 0 Å². The second-order valence-electron chi connectivity index (χ2n) is 7.47. The molecule has 2 saturated carbocycles. The molecule has 0 atom stereocenters. The van der Waals surface area contributed by atoms with Crippen molar-refractivity contribution in [3.63, 3.8) is 0 Å². The number of hydrogen-bond acceptors (Lipinski definition) is 2. The molecule has 0 saturated heterocycles. The SMILES string of the molecule is CC(C)(C)[Si](C)(C)OC1CC2(CC(O)C2)C1. The molecule has 3 heteroatoms. The van der Waals surface area contributed by atoms with Crippen LogP contribution >= 0.6 is 0 Å². The Bertz CT molecular complexity index is 266. The Balaban J connectivity index is 1.81. The van der Waals surface area contributed by atoms with Gasteiger partial charge in [0.25, 0.3) is 0 Å². The van der Waals surface area contributed by atoms with Gasteiger partial charge in [0.2, 0.25) is 0 Å². The first-order valence-corrected chi connectivity index (χ1v) is 9.40. The maximum absolute atomic E-state index is 9.36. The molecule has 1 N–H and O–H groups in total. The van der Waals surface area contributed by atoms with Crippen LogP contribution in [0.2, 0.25) is 18.1 Å². The third kappa shape index (κ3) is 2.09. The first kappa shape index (κ1) is 12.6. The van der Waals surface area contributed by atoms with Gasteiger partial charge in [0.1, 0.15) is 0 Å². The fraction of sp³-hybridized carbons (Fsp3) is 1.00. The molecular weight excluding hydrogens is 216 g/mol. The van der Waals surface area contributed by atoms with Gasteiger partial charge in [0.15, 0.2) is 8.32 Å². The van der Waals surface area contributed by atoms with Crippen LogP contribution in [0.5, 0.6) is 0 Å². The van der Waals surface area contributed by atoms with Crippen molar-refractivity contribution in [2.24, 2.45) is 5.41 Å². The molecule has 2 fully saturated rings. The molecule has 2 rings (SSSR count). The lowest BCUT2D eigenvalue weighted by Gasteiger charge is -2.58. The van der Waals surface area contributed by atoms with E-state index in [0.717, 1.165) is 12.8 Å². The Morgan fingerprint density at radius 3 is 2.00 bits per heavy atom. The van der Waals surface area contributed by atoms with Gasteiger partial charge in [0, 0.05) is 6.10 Å².